The second-order valence-electron chi connectivity index (χ2n) is 4.33. The summed E-state index contributed by atoms with van der Waals surface area (Å²) in [7, 11) is -3.89. The van der Waals surface area contributed by atoms with Gasteiger partial charge in [0.1, 0.15) is 0 Å². The van der Waals surface area contributed by atoms with Crippen molar-refractivity contribution in [3.8, 4) is 0 Å². The van der Waals surface area contributed by atoms with Crippen molar-refractivity contribution in [3.63, 3.8) is 0 Å². The predicted octanol–water partition coefficient (Wildman–Crippen LogP) is 1.18. The molecular formula is C12H19N3O4S. The van der Waals surface area contributed by atoms with Crippen molar-refractivity contribution in [1.82, 2.24) is 10.0 Å². The summed E-state index contributed by atoms with van der Waals surface area (Å²) in [4.78, 5) is 9.99. The zero-order valence-corrected chi connectivity index (χ0v) is 12.4. The van der Waals surface area contributed by atoms with Crippen molar-refractivity contribution >= 4 is 15.7 Å². The summed E-state index contributed by atoms with van der Waals surface area (Å²) in [5.41, 5.74) is -0.0489. The van der Waals surface area contributed by atoms with Crippen LogP contribution >= 0.6 is 0 Å². The van der Waals surface area contributed by atoms with E-state index >= 15 is 0 Å². The minimum atomic E-state index is -3.89. The molecule has 0 saturated heterocycles. The molecular weight excluding hydrogens is 282 g/mol. The van der Waals surface area contributed by atoms with E-state index in [1.807, 2.05) is 6.92 Å². The van der Waals surface area contributed by atoms with Crippen molar-refractivity contribution in [2.24, 2.45) is 0 Å². The normalized spacial score (nSPS) is 11.5. The number of nitrogens with one attached hydrogen (secondary N) is 2. The molecule has 0 unspecified atom stereocenters. The Morgan fingerprint density at radius 1 is 1.25 bits per heavy atom. The molecule has 1 aromatic carbocycles. The van der Waals surface area contributed by atoms with Crippen LogP contribution in [0.15, 0.2) is 23.1 Å². The number of nitrogens with zero attached hydrogens (tertiary/aromatic N) is 1. The van der Waals surface area contributed by atoms with Crippen LogP contribution in [0, 0.1) is 17.0 Å². The molecule has 1 aromatic rings. The number of nitro groups is 1. The maximum atomic E-state index is 12.2. The molecule has 20 heavy (non-hydrogen) atoms. The topological polar surface area (TPSA) is 101 Å². The van der Waals surface area contributed by atoms with Crippen LogP contribution in [0.3, 0.4) is 0 Å². The molecule has 112 valence electrons. The van der Waals surface area contributed by atoms with Crippen molar-refractivity contribution in [2.75, 3.05) is 19.6 Å². The molecule has 0 aliphatic carbocycles. The fraction of sp³-hybridized carbons (Fsp3) is 0.500. The number of benzene rings is 1. The van der Waals surface area contributed by atoms with Gasteiger partial charge in [0.25, 0.3) is 5.69 Å². The summed E-state index contributed by atoms with van der Waals surface area (Å²) in [6, 6.07) is 4.20. The first-order valence-electron chi connectivity index (χ1n) is 6.34. The summed E-state index contributed by atoms with van der Waals surface area (Å²) >= 11 is 0. The van der Waals surface area contributed by atoms with E-state index in [0.29, 0.717) is 12.1 Å². The average molecular weight is 301 g/mol. The standard InChI is InChI=1S/C12H19N3O4S/c1-3-7-13-8-9-14-20(18,19)12-10(2)5-4-6-11(12)15(16)17/h4-6,13-14H,3,7-9H2,1-2H3. The molecule has 8 heteroatoms. The zero-order chi connectivity index (χ0) is 15.2. The van der Waals surface area contributed by atoms with Gasteiger partial charge in [-0.15, -0.1) is 0 Å². The Morgan fingerprint density at radius 2 is 1.95 bits per heavy atom. The van der Waals surface area contributed by atoms with Gasteiger partial charge in [-0.05, 0) is 25.5 Å². The summed E-state index contributed by atoms with van der Waals surface area (Å²) in [6.07, 6.45) is 0.954. The SMILES string of the molecule is CCCNCCNS(=O)(=O)c1c(C)cccc1[N+](=O)[O-]. The summed E-state index contributed by atoms with van der Waals surface area (Å²) in [5.74, 6) is 0. The van der Waals surface area contributed by atoms with Crippen LogP contribution in [-0.2, 0) is 10.0 Å². The van der Waals surface area contributed by atoms with Gasteiger partial charge < -0.3 is 5.32 Å². The number of hydrogen-bond acceptors (Lipinski definition) is 5. The predicted molar refractivity (Wildman–Crippen MR) is 76.2 cm³/mol. The van der Waals surface area contributed by atoms with Crippen molar-refractivity contribution < 1.29 is 13.3 Å². The molecule has 0 saturated carbocycles. The van der Waals surface area contributed by atoms with E-state index in [2.05, 4.69) is 10.0 Å². The lowest BCUT2D eigenvalue weighted by atomic mass is 10.2. The molecule has 0 amide bonds. The summed E-state index contributed by atoms with van der Waals surface area (Å²) in [5, 5.41) is 14.0. The molecule has 0 bridgehead atoms. The highest BCUT2D eigenvalue weighted by Gasteiger charge is 2.27. The quantitative estimate of drug-likeness (QED) is 0.426. The number of hydrogen-bond donors (Lipinski definition) is 2. The second kappa shape index (κ2) is 7.32. The number of aryl methyl sites for hydroxylation is 1. The number of nitro benzene ring substituents is 1. The first-order chi connectivity index (χ1) is 9.40. The Hall–Kier alpha value is -1.51. The Morgan fingerprint density at radius 3 is 2.55 bits per heavy atom. The summed E-state index contributed by atoms with van der Waals surface area (Å²) < 4.78 is 26.7. The van der Waals surface area contributed by atoms with Gasteiger partial charge in [0.15, 0.2) is 4.90 Å². The van der Waals surface area contributed by atoms with Crippen LogP contribution in [0.5, 0.6) is 0 Å². The van der Waals surface area contributed by atoms with Crippen LogP contribution in [0.1, 0.15) is 18.9 Å². The molecule has 0 fully saturated rings. The molecule has 0 aliphatic heterocycles. The Balaban J connectivity index is 2.90. The Bertz CT molecular complexity index is 572. The third-order valence-corrected chi connectivity index (χ3v) is 4.33. The first-order valence-corrected chi connectivity index (χ1v) is 7.83. The Labute approximate surface area is 118 Å². The van der Waals surface area contributed by atoms with E-state index in [1.54, 1.807) is 0 Å². The van der Waals surface area contributed by atoms with Gasteiger partial charge in [-0.2, -0.15) is 0 Å². The van der Waals surface area contributed by atoms with Gasteiger partial charge in [0.2, 0.25) is 10.0 Å². The van der Waals surface area contributed by atoms with Crippen LogP contribution in [0.2, 0.25) is 0 Å². The highest BCUT2D eigenvalue weighted by molar-refractivity contribution is 7.89. The monoisotopic (exact) mass is 301 g/mol. The van der Waals surface area contributed by atoms with Gasteiger partial charge in [-0.1, -0.05) is 19.1 Å². The molecule has 0 aromatic heterocycles. The van der Waals surface area contributed by atoms with E-state index in [-0.39, 0.29) is 11.4 Å². The van der Waals surface area contributed by atoms with E-state index in [0.717, 1.165) is 13.0 Å². The lowest BCUT2D eigenvalue weighted by Crippen LogP contribution is -2.32. The molecule has 1 rings (SSSR count). The lowest BCUT2D eigenvalue weighted by molar-refractivity contribution is -0.387. The van der Waals surface area contributed by atoms with Crippen LogP contribution < -0.4 is 10.0 Å². The number of sulfonamides is 1. The van der Waals surface area contributed by atoms with Crippen molar-refractivity contribution in [2.45, 2.75) is 25.2 Å². The second-order valence-corrected chi connectivity index (χ2v) is 6.03. The lowest BCUT2D eigenvalue weighted by Gasteiger charge is -2.10. The van der Waals surface area contributed by atoms with Gasteiger partial charge in [0, 0.05) is 19.2 Å². The minimum Gasteiger partial charge on any atom is -0.315 e. The molecule has 7 nitrogen and oxygen atoms in total. The fourth-order valence-corrected chi connectivity index (χ4v) is 3.20. The third kappa shape index (κ3) is 4.26. The zero-order valence-electron chi connectivity index (χ0n) is 11.5. The molecule has 0 aliphatic rings. The van der Waals surface area contributed by atoms with Gasteiger partial charge in [0.05, 0.1) is 4.92 Å². The maximum absolute atomic E-state index is 12.2. The highest BCUT2D eigenvalue weighted by Crippen LogP contribution is 2.26. The first kappa shape index (κ1) is 16.5. The molecule has 0 radical (unpaired) electrons. The fourth-order valence-electron chi connectivity index (χ4n) is 1.78. The average Bonchev–Trinajstić information content (AvgIpc) is 2.37. The Kier molecular flexibility index (Phi) is 6.05. The van der Waals surface area contributed by atoms with Gasteiger partial charge in [-0.25, -0.2) is 13.1 Å². The van der Waals surface area contributed by atoms with E-state index < -0.39 is 20.6 Å². The van der Waals surface area contributed by atoms with Crippen molar-refractivity contribution in [3.05, 3.63) is 33.9 Å². The molecule has 2 N–H and O–H groups in total. The minimum absolute atomic E-state index is 0.188. The van der Waals surface area contributed by atoms with E-state index in [4.69, 9.17) is 0 Å². The van der Waals surface area contributed by atoms with Crippen LogP contribution in [0.4, 0.5) is 5.69 Å². The van der Waals surface area contributed by atoms with E-state index in [1.165, 1.54) is 25.1 Å². The third-order valence-electron chi connectivity index (χ3n) is 2.68. The molecule has 0 atom stereocenters. The van der Waals surface area contributed by atoms with Gasteiger partial charge >= 0.3 is 0 Å². The largest absolute Gasteiger partial charge is 0.315 e. The molecule has 0 spiro atoms. The van der Waals surface area contributed by atoms with Crippen LogP contribution in [-0.4, -0.2) is 33.0 Å². The smallest absolute Gasteiger partial charge is 0.289 e. The summed E-state index contributed by atoms with van der Waals surface area (Å²) in [6.45, 7) is 5.01. The highest BCUT2D eigenvalue weighted by atomic mass is 32.2. The van der Waals surface area contributed by atoms with Gasteiger partial charge in [-0.3, -0.25) is 10.1 Å². The maximum Gasteiger partial charge on any atom is 0.289 e. The van der Waals surface area contributed by atoms with E-state index in [9.17, 15) is 18.5 Å². The number of rotatable bonds is 8. The molecule has 0 heterocycles. The van der Waals surface area contributed by atoms with Crippen molar-refractivity contribution in [1.29, 1.82) is 0 Å². The van der Waals surface area contributed by atoms with Crippen LogP contribution in [0.25, 0.3) is 0 Å².